The van der Waals surface area contributed by atoms with Gasteiger partial charge >= 0.3 is 11.9 Å². The summed E-state index contributed by atoms with van der Waals surface area (Å²) >= 11 is 0. The number of nitrogens with two attached hydrogens (primary N) is 2. The van der Waals surface area contributed by atoms with E-state index in [1.54, 1.807) is 0 Å². The number of pyridine rings is 1. The van der Waals surface area contributed by atoms with Gasteiger partial charge in [-0.25, -0.2) is 17.9 Å². The van der Waals surface area contributed by atoms with Crippen LogP contribution in [-0.4, -0.2) is 43.7 Å². The Morgan fingerprint density at radius 2 is 1.67 bits per heavy atom. The third-order valence-corrected chi connectivity index (χ3v) is 6.48. The van der Waals surface area contributed by atoms with Crippen molar-refractivity contribution in [1.82, 2.24) is 25.2 Å². The first-order valence-electron chi connectivity index (χ1n) is 13.0. The Kier molecular flexibility index (Phi) is 9.79. The molecule has 0 aliphatic rings. The molecule has 0 spiro atoms. The number of aromatic nitrogens is 5. The van der Waals surface area contributed by atoms with Crippen LogP contribution in [0.4, 0.5) is 22.0 Å². The average Bonchev–Trinajstić information content (AvgIpc) is 3.49. The van der Waals surface area contributed by atoms with Crippen molar-refractivity contribution in [1.29, 1.82) is 0 Å². The van der Waals surface area contributed by atoms with Crippen LogP contribution in [0.15, 0.2) is 67.1 Å². The summed E-state index contributed by atoms with van der Waals surface area (Å²) in [5.74, 6) is -2.96. The summed E-state index contributed by atoms with van der Waals surface area (Å²) < 4.78 is 82.2. The third kappa shape index (κ3) is 7.19. The normalized spacial score (nSPS) is 13.5. The second-order valence-corrected chi connectivity index (χ2v) is 9.53. The number of alkyl halides is 2. The fraction of sp³-hybridized carbons (Fsp3) is 0.276. The van der Waals surface area contributed by atoms with Crippen LogP contribution in [0.2, 0.25) is 0 Å². The van der Waals surface area contributed by atoms with Crippen LogP contribution in [0.3, 0.4) is 0 Å². The molecule has 14 heteroatoms. The largest absolute Gasteiger partial charge is 0.444 e. The molecule has 2 atom stereocenters. The number of hydrogen-bond donors (Lipinski definition) is 2. The Labute approximate surface area is 243 Å². The molecule has 0 saturated heterocycles. The van der Waals surface area contributed by atoms with Gasteiger partial charge in [0.2, 0.25) is 5.60 Å². The van der Waals surface area contributed by atoms with Gasteiger partial charge in [0.15, 0.2) is 0 Å². The maximum atomic E-state index is 16.8. The van der Waals surface area contributed by atoms with Crippen LogP contribution in [0, 0.1) is 29.3 Å². The second-order valence-electron chi connectivity index (χ2n) is 9.53. The molecule has 4 rings (SSSR count). The molecule has 0 bridgehead atoms. The van der Waals surface area contributed by atoms with Crippen molar-refractivity contribution in [2.45, 2.75) is 43.4 Å². The highest BCUT2D eigenvalue weighted by Gasteiger charge is 2.62. The van der Waals surface area contributed by atoms with Crippen LogP contribution in [0.25, 0.3) is 0 Å². The van der Waals surface area contributed by atoms with Crippen LogP contribution >= 0.6 is 0 Å². The molecule has 0 amide bonds. The predicted octanol–water partition coefficient (Wildman–Crippen LogP) is 3.57. The van der Waals surface area contributed by atoms with Crippen molar-refractivity contribution in [2.24, 2.45) is 11.5 Å². The molecule has 9 nitrogen and oxygen atoms in total. The molecule has 4 aromatic rings. The number of tetrazole rings is 1. The predicted molar refractivity (Wildman–Crippen MR) is 143 cm³/mol. The van der Waals surface area contributed by atoms with E-state index in [4.69, 9.17) is 16.2 Å². The lowest BCUT2D eigenvalue weighted by atomic mass is 9.83. The Hall–Kier alpha value is -4.74. The molecule has 2 heterocycles. The topological polar surface area (TPSA) is 135 Å². The van der Waals surface area contributed by atoms with Crippen LogP contribution in [0.1, 0.15) is 41.6 Å². The summed E-state index contributed by atoms with van der Waals surface area (Å²) in [7, 11) is 0. The Morgan fingerprint density at radius 3 is 2.30 bits per heavy atom. The highest BCUT2D eigenvalue weighted by molar-refractivity contribution is 5.76. The van der Waals surface area contributed by atoms with E-state index < -0.39 is 58.8 Å². The Morgan fingerprint density at radius 1 is 0.977 bits per heavy atom. The summed E-state index contributed by atoms with van der Waals surface area (Å²) in [6.07, 6.45) is 2.97. The van der Waals surface area contributed by atoms with Gasteiger partial charge in [-0.2, -0.15) is 8.78 Å². The van der Waals surface area contributed by atoms with Gasteiger partial charge < -0.3 is 16.2 Å². The van der Waals surface area contributed by atoms with Crippen LogP contribution in [-0.2, 0) is 27.6 Å². The summed E-state index contributed by atoms with van der Waals surface area (Å²) in [4.78, 5) is 17.0. The molecule has 2 unspecified atom stereocenters. The van der Waals surface area contributed by atoms with Crippen molar-refractivity contribution >= 4 is 5.97 Å². The first kappa shape index (κ1) is 31.2. The van der Waals surface area contributed by atoms with E-state index >= 15 is 13.2 Å². The fourth-order valence-electron chi connectivity index (χ4n) is 4.21. The molecule has 2 aromatic carbocycles. The molecule has 0 aliphatic carbocycles. The molecule has 0 aliphatic heterocycles. The zero-order chi connectivity index (χ0) is 31.0. The summed E-state index contributed by atoms with van der Waals surface area (Å²) in [6.45, 7) is -0.676. The molecule has 224 valence electrons. The Balaban J connectivity index is 1.80. The molecular formula is C29H26F5N7O2. The van der Waals surface area contributed by atoms with Crippen molar-refractivity contribution in [3.05, 3.63) is 107 Å². The van der Waals surface area contributed by atoms with Gasteiger partial charge in [0, 0.05) is 29.0 Å². The Bertz CT molecular complexity index is 1590. The number of esters is 1. The second kappa shape index (κ2) is 13.5. The SMILES string of the molecule is NCCCCC(N)C(=O)OC(Cn1cnnn1)(c1ccc(F)cc1F)C(F)(F)c1ccc(C#Cc2ccc(F)cc2)cn1. The zero-order valence-electron chi connectivity index (χ0n) is 22.6. The van der Waals surface area contributed by atoms with Gasteiger partial charge in [0.25, 0.3) is 0 Å². The summed E-state index contributed by atoms with van der Waals surface area (Å²) in [5, 5.41) is 10.4. The monoisotopic (exact) mass is 599 g/mol. The number of carbonyl (C=O) groups is 1. The van der Waals surface area contributed by atoms with Crippen molar-refractivity contribution in [3.63, 3.8) is 0 Å². The molecular weight excluding hydrogens is 573 g/mol. The minimum Gasteiger partial charge on any atom is -0.444 e. The van der Waals surface area contributed by atoms with Crippen molar-refractivity contribution < 1.29 is 31.5 Å². The molecule has 2 aromatic heterocycles. The number of nitrogens with zero attached hydrogens (tertiary/aromatic N) is 5. The number of carbonyl (C=O) groups excluding carboxylic acids is 1. The number of rotatable bonds is 11. The van der Waals surface area contributed by atoms with E-state index in [0.717, 1.165) is 35.4 Å². The molecule has 0 radical (unpaired) electrons. The number of unbranched alkanes of at least 4 members (excludes halogenated alkanes) is 1. The van der Waals surface area contributed by atoms with Crippen molar-refractivity contribution in [2.75, 3.05) is 6.54 Å². The number of benzene rings is 2. The quantitative estimate of drug-likeness (QED) is 0.116. The number of ether oxygens (including phenoxy) is 1. The van der Waals surface area contributed by atoms with Gasteiger partial charge in [-0.05, 0) is 78.3 Å². The van der Waals surface area contributed by atoms with E-state index in [2.05, 4.69) is 32.4 Å². The number of halogens is 5. The van der Waals surface area contributed by atoms with E-state index in [1.165, 1.54) is 30.3 Å². The highest BCUT2D eigenvalue weighted by Crippen LogP contribution is 2.49. The lowest BCUT2D eigenvalue weighted by Gasteiger charge is -2.40. The maximum Gasteiger partial charge on any atom is 0.334 e. The first-order valence-corrected chi connectivity index (χ1v) is 13.0. The van der Waals surface area contributed by atoms with Gasteiger partial charge in [-0.1, -0.05) is 18.3 Å². The van der Waals surface area contributed by atoms with Gasteiger partial charge in [-0.3, -0.25) is 9.78 Å². The maximum absolute atomic E-state index is 16.8. The average molecular weight is 600 g/mol. The van der Waals surface area contributed by atoms with Gasteiger partial charge in [-0.15, -0.1) is 5.10 Å². The van der Waals surface area contributed by atoms with Gasteiger partial charge in [0.1, 0.15) is 35.5 Å². The smallest absolute Gasteiger partial charge is 0.334 e. The standard InChI is InChI=1S/C29H26F5N7O2/c30-21-9-6-19(7-10-21)4-5-20-8-13-26(37-16-20)29(33,34)28(17-41-18-38-39-40-41,23-12-11-22(31)15-24(23)32)43-27(42)25(36)3-1-2-14-35/h6-13,15-16,18,25H,1-3,14,17,35-36H2. The van der Waals surface area contributed by atoms with Gasteiger partial charge in [0.05, 0.1) is 6.54 Å². The van der Waals surface area contributed by atoms with E-state index in [-0.39, 0.29) is 12.0 Å². The molecule has 0 fully saturated rings. The summed E-state index contributed by atoms with van der Waals surface area (Å²) in [5.41, 5.74) is 7.16. The number of hydrogen-bond acceptors (Lipinski definition) is 8. The van der Waals surface area contributed by atoms with E-state index in [0.29, 0.717) is 31.0 Å². The van der Waals surface area contributed by atoms with E-state index in [1.807, 2.05) is 0 Å². The highest BCUT2D eigenvalue weighted by atomic mass is 19.3. The zero-order valence-corrected chi connectivity index (χ0v) is 22.6. The van der Waals surface area contributed by atoms with Crippen molar-refractivity contribution in [3.8, 4) is 11.8 Å². The molecule has 4 N–H and O–H groups in total. The molecule has 43 heavy (non-hydrogen) atoms. The minimum atomic E-state index is -4.27. The first-order chi connectivity index (χ1) is 20.6. The third-order valence-electron chi connectivity index (χ3n) is 6.48. The van der Waals surface area contributed by atoms with Crippen LogP contribution in [0.5, 0.6) is 0 Å². The fourth-order valence-corrected chi connectivity index (χ4v) is 4.21. The summed E-state index contributed by atoms with van der Waals surface area (Å²) in [6, 6.07) is 8.00. The van der Waals surface area contributed by atoms with Crippen LogP contribution < -0.4 is 11.5 Å². The van der Waals surface area contributed by atoms with E-state index in [9.17, 15) is 13.6 Å². The lowest BCUT2D eigenvalue weighted by molar-refractivity contribution is -0.233. The lowest BCUT2D eigenvalue weighted by Crippen LogP contribution is -2.53. The molecule has 0 saturated carbocycles. The minimum absolute atomic E-state index is 0.0497.